The lowest BCUT2D eigenvalue weighted by atomic mass is 10.2. The van der Waals surface area contributed by atoms with Gasteiger partial charge in [-0.05, 0) is 36.8 Å². The Morgan fingerprint density at radius 2 is 1.94 bits per heavy atom. The number of carbonyl (C=O) groups excluding carboxylic acids is 1. The van der Waals surface area contributed by atoms with Crippen molar-refractivity contribution in [3.05, 3.63) is 76.6 Å². The summed E-state index contributed by atoms with van der Waals surface area (Å²) < 4.78 is 12.8. The second-order valence-corrected chi connectivity index (χ2v) is 7.99. The predicted octanol–water partition coefficient (Wildman–Crippen LogP) is 3.48. The van der Waals surface area contributed by atoms with Crippen molar-refractivity contribution in [2.75, 3.05) is 39.5 Å². The number of rotatable bonds is 8. The van der Waals surface area contributed by atoms with E-state index in [1.54, 1.807) is 11.6 Å². The largest absolute Gasteiger partial charge is 0.492 e. The zero-order valence-electron chi connectivity index (χ0n) is 18.1. The number of hydrogen-bond donors (Lipinski definition) is 1. The molecule has 0 radical (unpaired) electrons. The van der Waals surface area contributed by atoms with E-state index in [-0.39, 0.29) is 5.91 Å². The number of carbonyl (C=O) groups is 1. The van der Waals surface area contributed by atoms with Crippen molar-refractivity contribution in [3.8, 4) is 11.4 Å². The van der Waals surface area contributed by atoms with E-state index in [0.717, 1.165) is 49.8 Å². The number of benzene rings is 2. The highest BCUT2D eigenvalue weighted by Crippen LogP contribution is 2.23. The molecule has 2 aromatic carbocycles. The summed E-state index contributed by atoms with van der Waals surface area (Å²) in [5.41, 5.74) is 2.72. The summed E-state index contributed by atoms with van der Waals surface area (Å²) in [5.74, 6) is 0.532. The molecule has 0 aliphatic carbocycles. The molecule has 8 heteroatoms. The highest BCUT2D eigenvalue weighted by atomic mass is 35.5. The number of amides is 1. The van der Waals surface area contributed by atoms with E-state index < -0.39 is 0 Å². The van der Waals surface area contributed by atoms with Crippen LogP contribution in [0.2, 0.25) is 5.15 Å². The minimum absolute atomic E-state index is 0.256. The van der Waals surface area contributed by atoms with Crippen LogP contribution in [0.4, 0.5) is 0 Å². The highest BCUT2D eigenvalue weighted by Gasteiger charge is 2.21. The molecule has 1 amide bonds. The average molecular weight is 455 g/mol. The summed E-state index contributed by atoms with van der Waals surface area (Å²) in [4.78, 5) is 15.2. The molecule has 0 atom stereocenters. The fourth-order valence-electron chi connectivity index (χ4n) is 3.63. The number of nitrogens with one attached hydrogen (secondary N) is 1. The van der Waals surface area contributed by atoms with Crippen molar-refractivity contribution in [1.82, 2.24) is 20.0 Å². The van der Waals surface area contributed by atoms with Crippen LogP contribution in [0.3, 0.4) is 0 Å². The summed E-state index contributed by atoms with van der Waals surface area (Å²) in [6.45, 7) is 7.08. The topological polar surface area (TPSA) is 68.6 Å². The van der Waals surface area contributed by atoms with E-state index in [2.05, 4.69) is 15.3 Å². The number of aryl methyl sites for hydroxylation is 1. The zero-order valence-corrected chi connectivity index (χ0v) is 18.8. The summed E-state index contributed by atoms with van der Waals surface area (Å²) in [6, 6.07) is 17.3. The van der Waals surface area contributed by atoms with Crippen LogP contribution in [-0.2, 0) is 11.3 Å². The molecule has 1 aromatic heterocycles. The van der Waals surface area contributed by atoms with Gasteiger partial charge in [-0.2, -0.15) is 5.10 Å². The zero-order chi connectivity index (χ0) is 22.3. The third-order valence-electron chi connectivity index (χ3n) is 5.36. The Balaban J connectivity index is 1.34. The van der Waals surface area contributed by atoms with Gasteiger partial charge in [0.05, 0.1) is 30.2 Å². The summed E-state index contributed by atoms with van der Waals surface area (Å²) in [7, 11) is 0. The Kier molecular flexibility index (Phi) is 7.42. The van der Waals surface area contributed by atoms with Crippen molar-refractivity contribution in [1.29, 1.82) is 0 Å². The second kappa shape index (κ2) is 10.6. The molecule has 7 nitrogen and oxygen atoms in total. The SMILES string of the molecule is Cc1nn(-c2ccccc2)c(Cl)c1C(=O)NCc1cccc(OCCN2CCOCC2)c1. The van der Waals surface area contributed by atoms with Crippen LogP contribution < -0.4 is 10.1 Å². The number of ether oxygens (including phenoxy) is 2. The lowest BCUT2D eigenvalue weighted by molar-refractivity contribution is 0.0322. The average Bonchev–Trinajstić information content (AvgIpc) is 3.13. The second-order valence-electron chi connectivity index (χ2n) is 7.63. The van der Waals surface area contributed by atoms with Gasteiger partial charge in [-0.1, -0.05) is 41.9 Å². The maximum Gasteiger partial charge on any atom is 0.256 e. The molecule has 0 bridgehead atoms. The van der Waals surface area contributed by atoms with Crippen molar-refractivity contribution >= 4 is 17.5 Å². The Morgan fingerprint density at radius 3 is 2.72 bits per heavy atom. The first-order chi connectivity index (χ1) is 15.6. The Labute approximate surface area is 192 Å². The third kappa shape index (κ3) is 5.48. The molecule has 4 rings (SSSR count). The van der Waals surface area contributed by atoms with Crippen molar-refractivity contribution in [3.63, 3.8) is 0 Å². The number of nitrogens with zero attached hydrogens (tertiary/aromatic N) is 3. The lowest BCUT2D eigenvalue weighted by Crippen LogP contribution is -2.38. The fraction of sp³-hybridized carbons (Fsp3) is 0.333. The van der Waals surface area contributed by atoms with Gasteiger partial charge in [0.15, 0.2) is 0 Å². The van der Waals surface area contributed by atoms with E-state index in [1.807, 2.05) is 54.6 Å². The molecule has 1 saturated heterocycles. The van der Waals surface area contributed by atoms with E-state index >= 15 is 0 Å². The molecular formula is C24H27ClN4O3. The summed E-state index contributed by atoms with van der Waals surface area (Å²) in [5, 5.41) is 7.67. The van der Waals surface area contributed by atoms with Gasteiger partial charge in [-0.25, -0.2) is 4.68 Å². The number of para-hydroxylation sites is 1. The smallest absolute Gasteiger partial charge is 0.256 e. The van der Waals surface area contributed by atoms with Gasteiger partial charge in [-0.15, -0.1) is 0 Å². The summed E-state index contributed by atoms with van der Waals surface area (Å²) >= 11 is 6.50. The standard InChI is InChI=1S/C24H27ClN4O3/c1-18-22(23(25)29(27-18)20-7-3-2-4-8-20)24(30)26-17-19-6-5-9-21(16-19)32-15-12-28-10-13-31-14-11-28/h2-9,16H,10-15,17H2,1H3,(H,26,30). The first-order valence-corrected chi connectivity index (χ1v) is 11.1. The Morgan fingerprint density at radius 1 is 1.16 bits per heavy atom. The van der Waals surface area contributed by atoms with Gasteiger partial charge in [0.1, 0.15) is 17.5 Å². The molecule has 1 N–H and O–H groups in total. The van der Waals surface area contributed by atoms with Gasteiger partial charge in [0, 0.05) is 26.2 Å². The van der Waals surface area contributed by atoms with Crippen LogP contribution in [0, 0.1) is 6.92 Å². The molecule has 1 aliphatic heterocycles. The Bertz CT molecular complexity index is 1050. The van der Waals surface area contributed by atoms with E-state index in [4.69, 9.17) is 21.1 Å². The van der Waals surface area contributed by atoms with Gasteiger partial charge >= 0.3 is 0 Å². The first-order valence-electron chi connectivity index (χ1n) is 10.7. The number of morpholine rings is 1. The predicted molar refractivity (Wildman–Crippen MR) is 124 cm³/mol. The Hall–Kier alpha value is -2.87. The third-order valence-corrected chi connectivity index (χ3v) is 5.71. The highest BCUT2D eigenvalue weighted by molar-refractivity contribution is 6.33. The van der Waals surface area contributed by atoms with Gasteiger partial charge in [0.25, 0.3) is 5.91 Å². The first kappa shape index (κ1) is 22.3. The monoisotopic (exact) mass is 454 g/mol. The molecule has 0 spiro atoms. The van der Waals surface area contributed by atoms with E-state index in [9.17, 15) is 4.79 Å². The number of halogens is 1. The van der Waals surface area contributed by atoms with Crippen LogP contribution in [0.25, 0.3) is 5.69 Å². The van der Waals surface area contributed by atoms with Crippen LogP contribution in [-0.4, -0.2) is 60.0 Å². The van der Waals surface area contributed by atoms with Gasteiger partial charge in [0.2, 0.25) is 0 Å². The lowest BCUT2D eigenvalue weighted by Gasteiger charge is -2.26. The maximum absolute atomic E-state index is 12.8. The minimum atomic E-state index is -0.256. The van der Waals surface area contributed by atoms with Crippen molar-refractivity contribution in [2.45, 2.75) is 13.5 Å². The molecule has 2 heterocycles. The minimum Gasteiger partial charge on any atom is -0.492 e. The molecular weight excluding hydrogens is 428 g/mol. The number of aromatic nitrogens is 2. The fourth-order valence-corrected chi connectivity index (χ4v) is 3.99. The van der Waals surface area contributed by atoms with E-state index in [1.165, 1.54) is 0 Å². The normalized spacial score (nSPS) is 14.3. The van der Waals surface area contributed by atoms with E-state index in [0.29, 0.717) is 29.6 Å². The van der Waals surface area contributed by atoms with Crippen LogP contribution in [0.15, 0.2) is 54.6 Å². The van der Waals surface area contributed by atoms with Gasteiger partial charge in [-0.3, -0.25) is 9.69 Å². The van der Waals surface area contributed by atoms with Crippen LogP contribution in [0.1, 0.15) is 21.6 Å². The van der Waals surface area contributed by atoms with Gasteiger partial charge < -0.3 is 14.8 Å². The molecule has 1 aliphatic rings. The molecule has 0 saturated carbocycles. The van der Waals surface area contributed by atoms with Crippen LogP contribution in [0.5, 0.6) is 5.75 Å². The van der Waals surface area contributed by atoms with Crippen LogP contribution >= 0.6 is 11.6 Å². The summed E-state index contributed by atoms with van der Waals surface area (Å²) in [6.07, 6.45) is 0. The molecule has 168 valence electrons. The molecule has 3 aromatic rings. The molecule has 1 fully saturated rings. The number of hydrogen-bond acceptors (Lipinski definition) is 5. The van der Waals surface area contributed by atoms with Crippen molar-refractivity contribution in [2.24, 2.45) is 0 Å². The molecule has 0 unspecified atom stereocenters. The van der Waals surface area contributed by atoms with Crippen molar-refractivity contribution < 1.29 is 14.3 Å². The maximum atomic E-state index is 12.8. The molecule has 32 heavy (non-hydrogen) atoms. The quantitative estimate of drug-likeness (QED) is 0.564.